The van der Waals surface area contributed by atoms with E-state index in [1.807, 2.05) is 6.07 Å². The van der Waals surface area contributed by atoms with Gasteiger partial charge in [-0.15, -0.1) is 0 Å². The Kier molecular flexibility index (Phi) is 4.62. The van der Waals surface area contributed by atoms with Gasteiger partial charge < -0.3 is 10.1 Å². The first-order chi connectivity index (χ1) is 7.99. The SMILES string of the molecule is COc1c(Cl)cc(C(=O)NC(C)C#N)cc1Cl. The average Bonchev–Trinajstić information content (AvgIpc) is 2.28. The summed E-state index contributed by atoms with van der Waals surface area (Å²) in [4.78, 5) is 11.7. The number of carbonyl (C=O) groups is 1. The number of rotatable bonds is 3. The molecule has 6 heteroatoms. The summed E-state index contributed by atoms with van der Waals surface area (Å²) in [5.41, 5.74) is 0.280. The predicted octanol–water partition coefficient (Wildman–Crippen LogP) is 2.64. The highest BCUT2D eigenvalue weighted by molar-refractivity contribution is 6.37. The number of halogens is 2. The molecule has 0 aliphatic carbocycles. The Morgan fingerprint density at radius 2 is 2.00 bits per heavy atom. The normalized spacial score (nSPS) is 11.5. The monoisotopic (exact) mass is 272 g/mol. The largest absolute Gasteiger partial charge is 0.494 e. The Hall–Kier alpha value is -1.44. The van der Waals surface area contributed by atoms with Crippen molar-refractivity contribution < 1.29 is 9.53 Å². The zero-order valence-electron chi connectivity index (χ0n) is 9.25. The fourth-order valence-corrected chi connectivity index (χ4v) is 1.84. The third-order valence-electron chi connectivity index (χ3n) is 2.01. The highest BCUT2D eigenvalue weighted by Crippen LogP contribution is 2.33. The number of carbonyl (C=O) groups excluding carboxylic acids is 1. The maximum Gasteiger partial charge on any atom is 0.252 e. The molecule has 1 amide bonds. The van der Waals surface area contributed by atoms with Crippen LogP contribution in [0.3, 0.4) is 0 Å². The zero-order valence-corrected chi connectivity index (χ0v) is 10.8. The van der Waals surface area contributed by atoms with Crippen molar-refractivity contribution in [1.82, 2.24) is 5.32 Å². The summed E-state index contributed by atoms with van der Waals surface area (Å²) in [6.07, 6.45) is 0. The van der Waals surface area contributed by atoms with Gasteiger partial charge in [-0.1, -0.05) is 23.2 Å². The molecule has 4 nitrogen and oxygen atoms in total. The highest BCUT2D eigenvalue weighted by atomic mass is 35.5. The van der Waals surface area contributed by atoms with E-state index in [0.29, 0.717) is 5.75 Å². The van der Waals surface area contributed by atoms with Crippen molar-refractivity contribution in [2.75, 3.05) is 7.11 Å². The van der Waals surface area contributed by atoms with E-state index in [4.69, 9.17) is 33.2 Å². The van der Waals surface area contributed by atoms with E-state index in [9.17, 15) is 4.79 Å². The van der Waals surface area contributed by atoms with Crippen LogP contribution in [0, 0.1) is 11.3 Å². The molecule has 1 aromatic rings. The van der Waals surface area contributed by atoms with E-state index in [-0.39, 0.29) is 15.6 Å². The average molecular weight is 273 g/mol. The summed E-state index contributed by atoms with van der Waals surface area (Å²) in [7, 11) is 1.44. The minimum atomic E-state index is -0.581. The van der Waals surface area contributed by atoms with Gasteiger partial charge in [0.25, 0.3) is 5.91 Å². The second kappa shape index (κ2) is 5.76. The topological polar surface area (TPSA) is 62.1 Å². The van der Waals surface area contributed by atoms with Gasteiger partial charge in [0, 0.05) is 5.56 Å². The third kappa shape index (κ3) is 3.26. The van der Waals surface area contributed by atoms with Crippen LogP contribution >= 0.6 is 23.2 Å². The molecule has 17 heavy (non-hydrogen) atoms. The van der Waals surface area contributed by atoms with E-state index in [0.717, 1.165) is 0 Å². The summed E-state index contributed by atoms with van der Waals surface area (Å²) in [5.74, 6) is -0.0938. The zero-order chi connectivity index (χ0) is 13.0. The maximum absolute atomic E-state index is 11.7. The van der Waals surface area contributed by atoms with E-state index < -0.39 is 11.9 Å². The Balaban J connectivity index is 3.01. The number of benzene rings is 1. The molecule has 0 saturated heterocycles. The number of amides is 1. The van der Waals surface area contributed by atoms with Crippen molar-refractivity contribution in [1.29, 1.82) is 5.26 Å². The molecule has 1 aromatic carbocycles. The van der Waals surface area contributed by atoms with Crippen molar-refractivity contribution in [2.45, 2.75) is 13.0 Å². The minimum Gasteiger partial charge on any atom is -0.494 e. The van der Waals surface area contributed by atoms with Gasteiger partial charge in [0.1, 0.15) is 6.04 Å². The molecule has 0 heterocycles. The lowest BCUT2D eigenvalue weighted by Crippen LogP contribution is -2.31. The van der Waals surface area contributed by atoms with Crippen LogP contribution < -0.4 is 10.1 Å². The summed E-state index contributed by atoms with van der Waals surface area (Å²) >= 11 is 11.8. The van der Waals surface area contributed by atoms with E-state index in [2.05, 4.69) is 5.32 Å². The van der Waals surface area contributed by atoms with Crippen LogP contribution in [-0.2, 0) is 0 Å². The van der Waals surface area contributed by atoms with Crippen LogP contribution in [-0.4, -0.2) is 19.1 Å². The van der Waals surface area contributed by atoms with E-state index in [1.165, 1.54) is 19.2 Å². The summed E-state index contributed by atoms with van der Waals surface area (Å²) in [6, 6.07) is 4.19. The van der Waals surface area contributed by atoms with Gasteiger partial charge >= 0.3 is 0 Å². The van der Waals surface area contributed by atoms with Crippen molar-refractivity contribution in [2.24, 2.45) is 0 Å². The molecule has 0 spiro atoms. The number of nitrogens with one attached hydrogen (secondary N) is 1. The number of nitriles is 1. The molecular formula is C11H10Cl2N2O2. The summed E-state index contributed by atoms with van der Waals surface area (Å²) in [6.45, 7) is 1.57. The molecule has 0 aliphatic rings. The number of hydrogen-bond acceptors (Lipinski definition) is 3. The standard InChI is InChI=1S/C11H10Cl2N2O2/c1-6(5-14)15-11(16)7-3-8(12)10(17-2)9(13)4-7/h3-4,6H,1-2H3,(H,15,16). The lowest BCUT2D eigenvalue weighted by atomic mass is 10.2. The van der Waals surface area contributed by atoms with E-state index in [1.54, 1.807) is 6.92 Å². The Labute approximate surface area is 109 Å². The lowest BCUT2D eigenvalue weighted by Gasteiger charge is -2.10. The third-order valence-corrected chi connectivity index (χ3v) is 2.57. The van der Waals surface area contributed by atoms with Crippen LogP contribution in [0.4, 0.5) is 0 Å². The van der Waals surface area contributed by atoms with E-state index >= 15 is 0 Å². The van der Waals surface area contributed by atoms with Gasteiger partial charge in [-0.2, -0.15) is 5.26 Å². The molecule has 1 unspecified atom stereocenters. The Morgan fingerprint density at radius 3 is 2.41 bits per heavy atom. The van der Waals surface area contributed by atoms with Gasteiger partial charge in [0.2, 0.25) is 0 Å². The van der Waals surface area contributed by atoms with Gasteiger partial charge in [-0.05, 0) is 19.1 Å². The molecular weight excluding hydrogens is 263 g/mol. The predicted molar refractivity (Wildman–Crippen MR) is 65.6 cm³/mol. The first kappa shape index (κ1) is 13.6. The maximum atomic E-state index is 11.7. The molecule has 0 saturated carbocycles. The summed E-state index contributed by atoms with van der Waals surface area (Å²) in [5, 5.41) is 11.6. The highest BCUT2D eigenvalue weighted by Gasteiger charge is 2.14. The van der Waals surface area contributed by atoms with Crippen molar-refractivity contribution in [3.8, 4) is 11.8 Å². The van der Waals surface area contributed by atoms with Crippen molar-refractivity contribution >= 4 is 29.1 Å². The minimum absolute atomic E-state index is 0.245. The molecule has 1 atom stereocenters. The lowest BCUT2D eigenvalue weighted by molar-refractivity contribution is 0.0948. The second-order valence-electron chi connectivity index (χ2n) is 3.30. The Morgan fingerprint density at radius 1 is 1.47 bits per heavy atom. The first-order valence-electron chi connectivity index (χ1n) is 4.73. The van der Waals surface area contributed by atoms with Crippen molar-refractivity contribution in [3.05, 3.63) is 27.7 Å². The van der Waals surface area contributed by atoms with Crippen LogP contribution in [0.25, 0.3) is 0 Å². The van der Waals surface area contributed by atoms with Crippen LogP contribution in [0.5, 0.6) is 5.75 Å². The molecule has 1 rings (SSSR count). The molecule has 0 bridgehead atoms. The molecule has 0 aromatic heterocycles. The second-order valence-corrected chi connectivity index (χ2v) is 4.11. The fourth-order valence-electron chi connectivity index (χ4n) is 1.20. The smallest absolute Gasteiger partial charge is 0.252 e. The molecule has 90 valence electrons. The molecule has 0 aliphatic heterocycles. The van der Waals surface area contributed by atoms with Crippen LogP contribution in [0.1, 0.15) is 17.3 Å². The summed E-state index contributed by atoms with van der Waals surface area (Å²) < 4.78 is 4.96. The molecule has 1 N–H and O–H groups in total. The van der Waals surface area contributed by atoms with Gasteiger partial charge in [-0.3, -0.25) is 4.79 Å². The fraction of sp³-hybridized carbons (Fsp3) is 0.273. The number of ether oxygens (including phenoxy) is 1. The van der Waals surface area contributed by atoms with Crippen LogP contribution in [0.15, 0.2) is 12.1 Å². The number of hydrogen-bond donors (Lipinski definition) is 1. The Bertz CT molecular complexity index is 460. The molecule has 0 fully saturated rings. The number of methoxy groups -OCH3 is 1. The number of nitrogens with zero attached hydrogens (tertiary/aromatic N) is 1. The van der Waals surface area contributed by atoms with Crippen molar-refractivity contribution in [3.63, 3.8) is 0 Å². The quantitative estimate of drug-likeness (QED) is 0.920. The van der Waals surface area contributed by atoms with Gasteiger partial charge in [0.05, 0.1) is 23.2 Å². The van der Waals surface area contributed by atoms with Gasteiger partial charge in [-0.25, -0.2) is 0 Å². The molecule has 0 radical (unpaired) electrons. The van der Waals surface area contributed by atoms with Gasteiger partial charge in [0.15, 0.2) is 5.75 Å². The van der Waals surface area contributed by atoms with Crippen LogP contribution in [0.2, 0.25) is 10.0 Å². The first-order valence-corrected chi connectivity index (χ1v) is 5.48.